The molecule has 90 valence electrons. The van der Waals surface area contributed by atoms with Gasteiger partial charge in [-0.3, -0.25) is 0 Å². The Morgan fingerprint density at radius 2 is 2.00 bits per heavy atom. The molecule has 0 radical (unpaired) electrons. The van der Waals surface area contributed by atoms with Crippen LogP contribution in [-0.2, 0) is 0 Å². The average Bonchev–Trinajstić information content (AvgIpc) is 2.24. The third-order valence-electron chi connectivity index (χ3n) is 2.96. The van der Waals surface area contributed by atoms with Crippen LogP contribution in [0.3, 0.4) is 0 Å². The molecule has 2 nitrogen and oxygen atoms in total. The number of ether oxygens (including phenoxy) is 1. The molecule has 0 saturated carbocycles. The second-order valence-electron chi connectivity index (χ2n) is 5.21. The van der Waals surface area contributed by atoms with Crippen LogP contribution in [0.15, 0.2) is 24.3 Å². The molecule has 0 bridgehead atoms. The lowest BCUT2D eigenvalue weighted by atomic mass is 9.75. The highest BCUT2D eigenvalue weighted by Gasteiger charge is 2.25. The van der Waals surface area contributed by atoms with Crippen molar-refractivity contribution < 1.29 is 9.84 Å². The van der Waals surface area contributed by atoms with Gasteiger partial charge in [0.1, 0.15) is 5.75 Å². The van der Waals surface area contributed by atoms with Crippen molar-refractivity contribution in [3.05, 3.63) is 29.8 Å². The number of rotatable bonds is 4. The van der Waals surface area contributed by atoms with Crippen molar-refractivity contribution in [3.8, 4) is 5.75 Å². The summed E-state index contributed by atoms with van der Waals surface area (Å²) in [6.07, 6.45) is 0.788. The topological polar surface area (TPSA) is 29.5 Å². The molecule has 1 aromatic rings. The highest BCUT2D eigenvalue weighted by atomic mass is 16.5. The van der Waals surface area contributed by atoms with Gasteiger partial charge in [-0.15, -0.1) is 0 Å². The molecule has 0 saturated heterocycles. The summed E-state index contributed by atoms with van der Waals surface area (Å²) in [7, 11) is 1.68. The lowest BCUT2D eigenvalue weighted by Crippen LogP contribution is -2.19. The van der Waals surface area contributed by atoms with E-state index >= 15 is 0 Å². The van der Waals surface area contributed by atoms with Gasteiger partial charge in [-0.2, -0.15) is 0 Å². The first-order valence-electron chi connectivity index (χ1n) is 5.74. The molecule has 1 unspecified atom stereocenters. The maximum Gasteiger partial charge on any atom is 0.119 e. The lowest BCUT2D eigenvalue weighted by Gasteiger charge is -2.31. The van der Waals surface area contributed by atoms with E-state index in [1.54, 1.807) is 7.11 Å². The second-order valence-corrected chi connectivity index (χ2v) is 5.21. The van der Waals surface area contributed by atoms with Crippen molar-refractivity contribution >= 4 is 0 Å². The third kappa shape index (κ3) is 3.24. The molecule has 0 aliphatic carbocycles. The van der Waals surface area contributed by atoms with Gasteiger partial charge >= 0.3 is 0 Å². The highest BCUT2D eigenvalue weighted by molar-refractivity contribution is 5.31. The van der Waals surface area contributed by atoms with Gasteiger partial charge in [0.2, 0.25) is 0 Å². The summed E-state index contributed by atoms with van der Waals surface area (Å²) < 4.78 is 5.23. The van der Waals surface area contributed by atoms with E-state index in [1.165, 1.54) is 5.56 Å². The predicted octanol–water partition coefficient (Wildman–Crippen LogP) is 3.21. The average molecular weight is 222 g/mol. The Bertz CT molecular complexity index is 326. The maximum atomic E-state index is 9.16. The summed E-state index contributed by atoms with van der Waals surface area (Å²) in [6, 6.07) is 8.12. The standard InChI is InChI=1S/C14H22O2/c1-14(2,3)13(8-9-15)11-6-5-7-12(10-11)16-4/h5-7,10,13,15H,8-9H2,1-4H3. The molecule has 1 aromatic carbocycles. The van der Waals surface area contributed by atoms with Gasteiger partial charge in [-0.25, -0.2) is 0 Å². The van der Waals surface area contributed by atoms with Gasteiger partial charge < -0.3 is 9.84 Å². The molecular formula is C14H22O2. The van der Waals surface area contributed by atoms with E-state index in [9.17, 15) is 0 Å². The Labute approximate surface area is 98.3 Å². The van der Waals surface area contributed by atoms with Gasteiger partial charge in [0.15, 0.2) is 0 Å². The van der Waals surface area contributed by atoms with Gasteiger partial charge in [0.25, 0.3) is 0 Å². The zero-order valence-corrected chi connectivity index (χ0v) is 10.7. The van der Waals surface area contributed by atoms with Gasteiger partial charge in [-0.05, 0) is 35.4 Å². The minimum Gasteiger partial charge on any atom is -0.497 e. The number of aliphatic hydroxyl groups is 1. The van der Waals surface area contributed by atoms with E-state index < -0.39 is 0 Å². The molecule has 1 atom stereocenters. The van der Waals surface area contributed by atoms with Crippen LogP contribution in [0.25, 0.3) is 0 Å². The van der Waals surface area contributed by atoms with Crippen LogP contribution < -0.4 is 4.74 Å². The highest BCUT2D eigenvalue weighted by Crippen LogP contribution is 2.38. The van der Waals surface area contributed by atoms with Crippen molar-refractivity contribution in [2.45, 2.75) is 33.1 Å². The van der Waals surface area contributed by atoms with Crippen molar-refractivity contribution in [2.24, 2.45) is 5.41 Å². The van der Waals surface area contributed by atoms with E-state index in [1.807, 2.05) is 12.1 Å². The van der Waals surface area contributed by atoms with E-state index in [0.717, 1.165) is 12.2 Å². The monoisotopic (exact) mass is 222 g/mol. The number of hydrogen-bond donors (Lipinski definition) is 1. The summed E-state index contributed by atoms with van der Waals surface area (Å²) >= 11 is 0. The maximum absolute atomic E-state index is 9.16. The van der Waals surface area contributed by atoms with Crippen LogP contribution in [0.4, 0.5) is 0 Å². The minimum absolute atomic E-state index is 0.148. The molecule has 1 rings (SSSR count). The fourth-order valence-corrected chi connectivity index (χ4v) is 2.09. The second kappa shape index (κ2) is 5.35. The van der Waals surface area contributed by atoms with Crippen LogP contribution in [0.1, 0.15) is 38.7 Å². The van der Waals surface area contributed by atoms with E-state index in [4.69, 9.17) is 9.84 Å². The van der Waals surface area contributed by atoms with Crippen molar-refractivity contribution in [1.82, 2.24) is 0 Å². The van der Waals surface area contributed by atoms with Crippen molar-refractivity contribution in [1.29, 1.82) is 0 Å². The van der Waals surface area contributed by atoms with E-state index in [0.29, 0.717) is 5.92 Å². The van der Waals surface area contributed by atoms with Gasteiger partial charge in [0, 0.05) is 6.61 Å². The van der Waals surface area contributed by atoms with Crippen LogP contribution in [-0.4, -0.2) is 18.8 Å². The predicted molar refractivity (Wildman–Crippen MR) is 66.9 cm³/mol. The lowest BCUT2D eigenvalue weighted by molar-refractivity contribution is 0.223. The minimum atomic E-state index is 0.148. The molecule has 0 spiro atoms. The zero-order valence-electron chi connectivity index (χ0n) is 10.7. The molecule has 2 heteroatoms. The van der Waals surface area contributed by atoms with Gasteiger partial charge in [-0.1, -0.05) is 32.9 Å². The molecular weight excluding hydrogens is 200 g/mol. The van der Waals surface area contributed by atoms with Crippen LogP contribution in [0.2, 0.25) is 0 Å². The molecule has 1 N–H and O–H groups in total. The summed E-state index contributed by atoms with van der Waals surface area (Å²) in [6.45, 7) is 6.82. The molecule has 0 heterocycles. The fraction of sp³-hybridized carbons (Fsp3) is 0.571. The largest absolute Gasteiger partial charge is 0.497 e. The summed E-state index contributed by atoms with van der Waals surface area (Å²) in [5, 5.41) is 9.16. The first-order valence-corrected chi connectivity index (χ1v) is 5.74. The molecule has 16 heavy (non-hydrogen) atoms. The Morgan fingerprint density at radius 3 is 2.50 bits per heavy atom. The Kier molecular flexibility index (Phi) is 4.36. The summed E-state index contributed by atoms with van der Waals surface area (Å²) in [5.41, 5.74) is 1.38. The fourth-order valence-electron chi connectivity index (χ4n) is 2.09. The van der Waals surface area contributed by atoms with Gasteiger partial charge in [0.05, 0.1) is 7.11 Å². The van der Waals surface area contributed by atoms with Crippen LogP contribution in [0, 0.1) is 5.41 Å². The first-order chi connectivity index (χ1) is 7.49. The number of hydrogen-bond acceptors (Lipinski definition) is 2. The molecule has 0 aliphatic rings. The normalized spacial score (nSPS) is 13.6. The first kappa shape index (κ1) is 13.0. The van der Waals surface area contributed by atoms with E-state index in [-0.39, 0.29) is 12.0 Å². The van der Waals surface area contributed by atoms with E-state index in [2.05, 4.69) is 32.9 Å². The van der Waals surface area contributed by atoms with Crippen LogP contribution in [0.5, 0.6) is 5.75 Å². The van der Waals surface area contributed by atoms with Crippen LogP contribution >= 0.6 is 0 Å². The number of aliphatic hydroxyl groups excluding tert-OH is 1. The number of methoxy groups -OCH3 is 1. The molecule has 0 fully saturated rings. The Morgan fingerprint density at radius 1 is 1.31 bits per heavy atom. The third-order valence-corrected chi connectivity index (χ3v) is 2.96. The summed E-state index contributed by atoms with van der Waals surface area (Å²) in [4.78, 5) is 0. The number of benzene rings is 1. The molecule has 0 aromatic heterocycles. The summed E-state index contributed by atoms with van der Waals surface area (Å²) in [5.74, 6) is 1.23. The Hall–Kier alpha value is -1.02. The smallest absolute Gasteiger partial charge is 0.119 e. The zero-order chi connectivity index (χ0) is 12.2. The molecule has 0 amide bonds. The quantitative estimate of drug-likeness (QED) is 0.847. The molecule has 0 aliphatic heterocycles. The SMILES string of the molecule is COc1cccc(C(CCO)C(C)(C)C)c1. The Balaban J connectivity index is 3.01. The van der Waals surface area contributed by atoms with Crippen molar-refractivity contribution in [3.63, 3.8) is 0 Å². The van der Waals surface area contributed by atoms with Crippen molar-refractivity contribution in [2.75, 3.05) is 13.7 Å².